The van der Waals surface area contributed by atoms with Crippen LogP contribution in [-0.2, 0) is 11.3 Å². The van der Waals surface area contributed by atoms with Gasteiger partial charge in [0.2, 0.25) is 5.91 Å². The number of anilines is 1. The minimum Gasteiger partial charge on any atom is -0.326 e. The molecule has 0 spiro atoms. The molecule has 1 aromatic rings. The van der Waals surface area contributed by atoms with E-state index in [0.717, 1.165) is 17.8 Å². The third-order valence-corrected chi connectivity index (χ3v) is 2.37. The van der Waals surface area contributed by atoms with Gasteiger partial charge in [0.1, 0.15) is 0 Å². The number of rotatable bonds is 5. The van der Waals surface area contributed by atoms with Crippen molar-refractivity contribution < 1.29 is 4.79 Å². The first-order valence-electron chi connectivity index (χ1n) is 6.01. The molecule has 1 N–H and O–H groups in total. The quantitative estimate of drug-likeness (QED) is 0.849. The van der Waals surface area contributed by atoms with Crippen molar-refractivity contribution in [1.82, 2.24) is 4.90 Å². The summed E-state index contributed by atoms with van der Waals surface area (Å²) >= 11 is 0. The van der Waals surface area contributed by atoms with E-state index in [1.54, 1.807) is 0 Å². The highest BCUT2D eigenvalue weighted by molar-refractivity contribution is 5.91. The van der Waals surface area contributed by atoms with Crippen LogP contribution < -0.4 is 5.32 Å². The fourth-order valence-electron chi connectivity index (χ4n) is 1.69. The fourth-order valence-corrected chi connectivity index (χ4v) is 1.69. The molecule has 0 unspecified atom stereocenters. The Morgan fingerprint density at radius 3 is 2.53 bits per heavy atom. The van der Waals surface area contributed by atoms with Crippen molar-refractivity contribution in [1.29, 1.82) is 0 Å². The summed E-state index contributed by atoms with van der Waals surface area (Å²) < 4.78 is 0. The third kappa shape index (κ3) is 5.00. The number of nitrogens with one attached hydrogen (secondary N) is 1. The molecule has 0 bridgehead atoms. The van der Waals surface area contributed by atoms with E-state index in [4.69, 9.17) is 0 Å². The van der Waals surface area contributed by atoms with Gasteiger partial charge in [-0.3, -0.25) is 4.79 Å². The monoisotopic (exact) mass is 234 g/mol. The lowest BCUT2D eigenvalue weighted by Crippen LogP contribution is -2.17. The number of para-hydroxylation sites is 1. The zero-order valence-corrected chi connectivity index (χ0v) is 11.2. The standard InChI is InChI=1S/C14H22N2O/c1-11(2)9-14(17)15-13-8-6-5-7-12(13)10-16(3)4/h5-8,11H,9-10H2,1-4H3,(H,15,17). The van der Waals surface area contributed by atoms with Gasteiger partial charge < -0.3 is 10.2 Å². The summed E-state index contributed by atoms with van der Waals surface area (Å²) in [6, 6.07) is 7.95. The van der Waals surface area contributed by atoms with Crippen molar-refractivity contribution in [2.45, 2.75) is 26.8 Å². The van der Waals surface area contributed by atoms with Gasteiger partial charge in [-0.1, -0.05) is 32.0 Å². The zero-order valence-electron chi connectivity index (χ0n) is 11.2. The number of carbonyl (C=O) groups is 1. The Morgan fingerprint density at radius 2 is 1.94 bits per heavy atom. The summed E-state index contributed by atoms with van der Waals surface area (Å²) in [5.74, 6) is 0.474. The number of hydrogen-bond acceptors (Lipinski definition) is 2. The second-order valence-corrected chi connectivity index (χ2v) is 5.04. The maximum Gasteiger partial charge on any atom is 0.224 e. The van der Waals surface area contributed by atoms with E-state index < -0.39 is 0 Å². The van der Waals surface area contributed by atoms with Crippen LogP contribution in [0.4, 0.5) is 5.69 Å². The molecule has 1 amide bonds. The van der Waals surface area contributed by atoms with E-state index in [1.807, 2.05) is 52.2 Å². The van der Waals surface area contributed by atoms with Gasteiger partial charge in [0.25, 0.3) is 0 Å². The first-order chi connectivity index (χ1) is 7.99. The zero-order chi connectivity index (χ0) is 12.8. The molecule has 0 saturated carbocycles. The van der Waals surface area contributed by atoms with Crippen LogP contribution >= 0.6 is 0 Å². The molecule has 0 aliphatic carbocycles. The SMILES string of the molecule is CC(C)CC(=O)Nc1ccccc1CN(C)C. The van der Waals surface area contributed by atoms with Crippen molar-refractivity contribution in [3.05, 3.63) is 29.8 Å². The second kappa shape index (κ2) is 6.40. The van der Waals surface area contributed by atoms with Crippen molar-refractivity contribution in [3.63, 3.8) is 0 Å². The molecule has 0 aliphatic rings. The van der Waals surface area contributed by atoms with Crippen molar-refractivity contribution in [2.75, 3.05) is 19.4 Å². The number of hydrogen-bond donors (Lipinski definition) is 1. The van der Waals surface area contributed by atoms with Gasteiger partial charge in [-0.05, 0) is 31.6 Å². The van der Waals surface area contributed by atoms with Crippen molar-refractivity contribution in [2.24, 2.45) is 5.92 Å². The third-order valence-electron chi connectivity index (χ3n) is 2.37. The molecule has 3 heteroatoms. The van der Waals surface area contributed by atoms with Gasteiger partial charge in [-0.15, -0.1) is 0 Å². The molecule has 1 aromatic carbocycles. The summed E-state index contributed by atoms with van der Waals surface area (Å²) in [5.41, 5.74) is 2.07. The maximum absolute atomic E-state index is 11.7. The molecular weight excluding hydrogens is 212 g/mol. The summed E-state index contributed by atoms with van der Waals surface area (Å²) in [6.07, 6.45) is 0.566. The van der Waals surface area contributed by atoms with Gasteiger partial charge >= 0.3 is 0 Å². The Labute approximate surface area is 104 Å². The van der Waals surface area contributed by atoms with Crippen LogP contribution in [0.1, 0.15) is 25.8 Å². The lowest BCUT2D eigenvalue weighted by molar-refractivity contribution is -0.116. The Kier molecular flexibility index (Phi) is 5.16. The molecule has 3 nitrogen and oxygen atoms in total. The summed E-state index contributed by atoms with van der Waals surface area (Å²) in [7, 11) is 4.04. The van der Waals surface area contributed by atoms with E-state index in [0.29, 0.717) is 12.3 Å². The van der Waals surface area contributed by atoms with Crippen LogP contribution in [-0.4, -0.2) is 24.9 Å². The van der Waals surface area contributed by atoms with E-state index in [9.17, 15) is 4.79 Å². The highest BCUT2D eigenvalue weighted by atomic mass is 16.1. The molecule has 0 atom stereocenters. The van der Waals surface area contributed by atoms with Crippen LogP contribution in [0.5, 0.6) is 0 Å². The molecule has 1 rings (SSSR count). The summed E-state index contributed by atoms with van der Waals surface area (Å²) in [6.45, 7) is 4.93. The highest BCUT2D eigenvalue weighted by Gasteiger charge is 2.08. The van der Waals surface area contributed by atoms with Crippen LogP contribution in [0.25, 0.3) is 0 Å². The van der Waals surface area contributed by atoms with Gasteiger partial charge in [0.05, 0.1) is 0 Å². The highest BCUT2D eigenvalue weighted by Crippen LogP contribution is 2.17. The number of amides is 1. The van der Waals surface area contributed by atoms with Crippen LogP contribution in [0, 0.1) is 5.92 Å². The molecule has 0 fully saturated rings. The van der Waals surface area contributed by atoms with Gasteiger partial charge in [0, 0.05) is 18.7 Å². The molecule has 0 aromatic heterocycles. The fraction of sp³-hybridized carbons (Fsp3) is 0.500. The van der Waals surface area contributed by atoms with E-state index in [1.165, 1.54) is 0 Å². The average Bonchev–Trinajstić information content (AvgIpc) is 2.18. The summed E-state index contributed by atoms with van der Waals surface area (Å²) in [4.78, 5) is 13.8. The normalized spacial score (nSPS) is 10.9. The predicted molar refractivity (Wildman–Crippen MR) is 71.9 cm³/mol. The Balaban J connectivity index is 2.72. The van der Waals surface area contributed by atoms with Crippen LogP contribution in [0.15, 0.2) is 24.3 Å². The Bertz CT molecular complexity index is 372. The van der Waals surface area contributed by atoms with Crippen LogP contribution in [0.2, 0.25) is 0 Å². The molecular formula is C14H22N2O. The van der Waals surface area contributed by atoms with E-state index in [2.05, 4.69) is 10.2 Å². The number of benzene rings is 1. The minimum atomic E-state index is 0.0891. The molecule has 17 heavy (non-hydrogen) atoms. The first-order valence-corrected chi connectivity index (χ1v) is 6.01. The Morgan fingerprint density at radius 1 is 1.29 bits per heavy atom. The van der Waals surface area contributed by atoms with E-state index in [-0.39, 0.29) is 5.91 Å². The second-order valence-electron chi connectivity index (χ2n) is 5.04. The van der Waals surface area contributed by atoms with Gasteiger partial charge in [-0.2, -0.15) is 0 Å². The molecule has 0 heterocycles. The maximum atomic E-state index is 11.7. The minimum absolute atomic E-state index is 0.0891. The van der Waals surface area contributed by atoms with Gasteiger partial charge in [-0.25, -0.2) is 0 Å². The van der Waals surface area contributed by atoms with Crippen molar-refractivity contribution >= 4 is 11.6 Å². The number of carbonyl (C=O) groups excluding carboxylic acids is 1. The van der Waals surface area contributed by atoms with Crippen molar-refractivity contribution in [3.8, 4) is 0 Å². The Hall–Kier alpha value is -1.35. The average molecular weight is 234 g/mol. The number of nitrogens with zero attached hydrogens (tertiary/aromatic N) is 1. The van der Waals surface area contributed by atoms with Gasteiger partial charge in [0.15, 0.2) is 0 Å². The lowest BCUT2D eigenvalue weighted by Gasteiger charge is -2.15. The topological polar surface area (TPSA) is 32.3 Å². The predicted octanol–water partition coefficient (Wildman–Crippen LogP) is 2.73. The smallest absolute Gasteiger partial charge is 0.224 e. The largest absolute Gasteiger partial charge is 0.326 e. The lowest BCUT2D eigenvalue weighted by atomic mass is 10.1. The molecule has 94 valence electrons. The molecule has 0 radical (unpaired) electrons. The molecule has 0 aliphatic heterocycles. The van der Waals surface area contributed by atoms with E-state index >= 15 is 0 Å². The summed E-state index contributed by atoms with van der Waals surface area (Å²) in [5, 5.41) is 2.98. The molecule has 0 saturated heterocycles. The van der Waals surface area contributed by atoms with Crippen LogP contribution in [0.3, 0.4) is 0 Å². The first kappa shape index (κ1) is 13.7.